The largest absolute Gasteiger partial charge is 0.533 e. The maximum atomic E-state index is 12.8. The highest BCUT2D eigenvalue weighted by Crippen LogP contribution is 2.51. The zero-order chi connectivity index (χ0) is 82.1. The van der Waals surface area contributed by atoms with Gasteiger partial charge in [-0.1, -0.05) is 26.7 Å². The Morgan fingerprint density at radius 3 is 0.441 bits per heavy atom. The van der Waals surface area contributed by atoms with E-state index in [4.69, 9.17) is 0 Å². The van der Waals surface area contributed by atoms with E-state index in [-0.39, 0.29) is 0 Å². The molecule has 12 nitrogen and oxygen atoms in total. The van der Waals surface area contributed by atoms with Crippen molar-refractivity contribution in [3.05, 3.63) is 37.4 Å². The van der Waals surface area contributed by atoms with Crippen LogP contribution < -0.4 is 9.13 Å². The van der Waals surface area contributed by atoms with Gasteiger partial charge in [0, 0.05) is 0 Å². The zero-order valence-corrected chi connectivity index (χ0v) is 48.7. The molecule has 0 aromatic carbocycles. The lowest BCUT2D eigenvalue weighted by Gasteiger charge is -2.50. The summed E-state index contributed by atoms with van der Waals surface area (Å²) in [7, 11) is 4.09. The molecule has 0 unspecified atom stereocenters. The van der Waals surface area contributed by atoms with Crippen LogP contribution in [0.15, 0.2) is 37.4 Å². The van der Waals surface area contributed by atoms with Crippen LogP contribution in [0, 0.1) is 0 Å². The van der Waals surface area contributed by atoms with Crippen LogP contribution in [0.25, 0.3) is 0 Å². The minimum atomic E-state index is -8.49. The molecule has 0 spiro atoms. The number of hydrogen-bond donors (Lipinski definition) is 0. The van der Waals surface area contributed by atoms with Crippen molar-refractivity contribution in [2.45, 2.75) is 200 Å². The molecule has 0 saturated carbocycles. The van der Waals surface area contributed by atoms with Crippen LogP contribution in [0.1, 0.15) is 39.5 Å². The van der Waals surface area contributed by atoms with E-state index in [1.54, 1.807) is 0 Å². The second kappa shape index (κ2) is 34.2. The van der Waals surface area contributed by atoms with E-state index in [2.05, 4.69) is 107 Å². The summed E-state index contributed by atoms with van der Waals surface area (Å²) in [5.74, 6) is 0. The third-order valence-electron chi connectivity index (χ3n) is 10.4. The van der Waals surface area contributed by atoms with Crippen molar-refractivity contribution in [3.63, 3.8) is 0 Å². The van der Waals surface area contributed by atoms with Crippen LogP contribution in [-0.4, -0.2) is 171 Å². The molecule has 2 aromatic heterocycles. The number of rotatable bonds is 22. The van der Waals surface area contributed by atoms with E-state index in [0.717, 1.165) is 13.1 Å². The molecule has 608 valence electrons. The molecule has 0 bridgehead atoms. The predicted octanol–water partition coefficient (Wildman–Crippen LogP) is 17.1. The molecule has 0 saturated heterocycles. The lowest BCUT2D eigenvalue weighted by Crippen LogP contribution is -2.68. The van der Waals surface area contributed by atoms with Crippen LogP contribution in [0.2, 0.25) is 0 Å². The fourth-order valence-electron chi connectivity index (χ4n) is 6.39. The molecule has 0 fully saturated rings. The monoisotopic (exact) mass is 1640 g/mol. The number of imidazole rings is 2. The van der Waals surface area contributed by atoms with Gasteiger partial charge in [0.1, 0.15) is 24.8 Å². The zero-order valence-electron chi connectivity index (χ0n) is 48.7. The number of unbranched alkanes of at least 4 members (excludes halogenated alkanes) is 2. The van der Waals surface area contributed by atoms with E-state index in [1.807, 2.05) is 14.1 Å². The quantitative estimate of drug-likeness (QED) is 0.0654. The summed E-state index contributed by atoms with van der Waals surface area (Å²) in [5.41, 5.74) is 0. The maximum Gasteiger partial charge on any atom is 0.533 e. The normalized spacial score (nSPS) is 14.9. The molecule has 102 heavy (non-hydrogen) atoms. The smallest absolute Gasteiger partial charge is 0.503 e. The fraction of sp³-hybridized carbons (Fsp3) is 0.850. The van der Waals surface area contributed by atoms with Crippen molar-refractivity contribution in [1.82, 2.24) is 9.13 Å². The number of hydrogen-bond acceptors (Lipinski definition) is 8. The molecule has 0 aliphatic rings. The van der Waals surface area contributed by atoms with Crippen molar-refractivity contribution < 1.29 is 257 Å². The summed E-state index contributed by atoms with van der Waals surface area (Å²) in [4.78, 5) is 0. The van der Waals surface area contributed by atoms with E-state index in [1.165, 1.54) is 25.7 Å². The van der Waals surface area contributed by atoms with Gasteiger partial charge in [0.05, 0.1) is 27.2 Å². The molecule has 0 radical (unpaired) electrons. The number of halogens is 48. The van der Waals surface area contributed by atoms with Gasteiger partial charge < -0.3 is 37.2 Å². The highest BCUT2D eigenvalue weighted by Gasteiger charge is 2.73. The van der Waals surface area contributed by atoms with Gasteiger partial charge in [-0.05, 0) is 12.8 Å². The summed E-state index contributed by atoms with van der Waals surface area (Å²) in [6, 6.07) is 0. The molecule has 0 atom stereocenters. The molecule has 0 aliphatic carbocycles. The van der Waals surface area contributed by atoms with E-state index in [9.17, 15) is 211 Å². The van der Waals surface area contributed by atoms with Gasteiger partial charge in [-0.15, -0.1) is 0 Å². The van der Waals surface area contributed by atoms with Gasteiger partial charge in [0.2, 0.25) is 61.5 Å². The van der Waals surface area contributed by atoms with Crippen molar-refractivity contribution in [2.24, 2.45) is 14.1 Å². The lowest BCUT2D eigenvalue weighted by molar-refractivity contribution is -0.671. The average Bonchev–Trinajstić information content (AvgIpc) is 0.777. The van der Waals surface area contributed by atoms with Gasteiger partial charge in [-0.3, -0.25) is 0 Å². The van der Waals surface area contributed by atoms with E-state index >= 15 is 0 Å². The Kier molecular flexibility index (Phi) is 33.2. The topological polar surface area (TPSA) is 91.5 Å². The molecule has 0 amide bonds. The number of aryl methyl sites for hydroxylation is 4. The van der Waals surface area contributed by atoms with Crippen LogP contribution in [-0.2, 0) is 64.4 Å². The summed E-state index contributed by atoms with van der Waals surface area (Å²) in [6.07, 6.45) is -154. The molecular weight excluding hydrogens is 1600 g/mol. The van der Waals surface area contributed by atoms with Crippen LogP contribution >= 0.6 is 0 Å². The first-order valence-electron chi connectivity index (χ1n) is 25.1. The lowest BCUT2D eigenvalue weighted by atomic mass is 9.99. The maximum absolute atomic E-state index is 12.8. The van der Waals surface area contributed by atoms with Gasteiger partial charge in [0.15, 0.2) is 0 Å². The summed E-state index contributed by atoms with van der Waals surface area (Å²) in [5, 5.41) is 0. The first-order chi connectivity index (χ1) is 44.4. The molecule has 62 heteroatoms. The molecule has 0 N–H and O–H groups in total. The van der Waals surface area contributed by atoms with Crippen molar-refractivity contribution >= 4 is 13.9 Å². The molecule has 2 rings (SSSR count). The van der Waals surface area contributed by atoms with Crippen LogP contribution in [0.4, 0.5) is 211 Å². The minimum absolute atomic E-state index is 1.15. The summed E-state index contributed by atoms with van der Waals surface area (Å²) >= 11 is 0. The average molecular weight is 1640 g/mol. The first-order valence-corrected chi connectivity index (χ1v) is 25.1. The van der Waals surface area contributed by atoms with Crippen molar-refractivity contribution in [1.29, 1.82) is 0 Å². The standard InChI is InChI=1S/2C12H4BF24O4.2C8H15N2/c2*14-5(15,16)1(6(17,18)19)38-13(39-2(7(20,21)22)8(23,24)25,40-3(9(26,27)28)10(29,30)31)41-4(11(32,33)34)12(35,36)37;2*1-3-4-5-10-7-6-9(2)8-10/h2*1-4H;2*6-8H,3-5H2,1-2H3/q2*-1;2*+1. The Balaban J connectivity index is 0. The minimum Gasteiger partial charge on any atom is -0.503 e. The second-order valence-electron chi connectivity index (χ2n) is 19.3. The Morgan fingerprint density at radius 2 is 0.363 bits per heavy atom. The second-order valence-corrected chi connectivity index (χ2v) is 19.3. The predicted molar refractivity (Wildman–Crippen MR) is 228 cm³/mol. The molecule has 0 aliphatic heterocycles. The van der Waals surface area contributed by atoms with E-state index in [0.29, 0.717) is 0 Å². The SMILES string of the molecule is CCCCn1cc[n+](C)c1.CCCCn1cc[n+](C)c1.FC(F)(F)C(O[B-](OC(C(F)(F)F)C(F)(F)F)(OC(C(F)(F)F)C(F)(F)F)OC(C(F)(F)F)C(F)(F)F)C(F)(F)F.FC(F)(F)C(O[B-](OC(C(F)(F)F)C(F)(F)F)(OC(C(F)(F)F)C(F)(F)F)OC(C(F)(F)F)C(F)(F)F)C(F)(F)F. The molecule has 2 aromatic rings. The van der Waals surface area contributed by atoms with Gasteiger partial charge in [-0.2, -0.15) is 211 Å². The van der Waals surface area contributed by atoms with Gasteiger partial charge >= 0.3 is 113 Å². The molecule has 2 heterocycles. The highest BCUT2D eigenvalue weighted by molar-refractivity contribution is 6.54. The first kappa shape index (κ1) is 98.9. The number of alkyl halides is 48. The van der Waals surface area contributed by atoms with Crippen molar-refractivity contribution in [2.75, 3.05) is 0 Å². The Labute approximate surface area is 532 Å². The third-order valence-corrected chi connectivity index (χ3v) is 10.4. The summed E-state index contributed by atoms with van der Waals surface area (Å²) < 4.78 is 642. The number of nitrogens with zero attached hydrogens (tertiary/aromatic N) is 4. The number of aromatic nitrogens is 4. The van der Waals surface area contributed by atoms with Crippen molar-refractivity contribution in [3.8, 4) is 0 Å². The van der Waals surface area contributed by atoms with Crippen LogP contribution in [0.5, 0.6) is 0 Å². The third kappa shape index (κ3) is 34.0. The Hall–Kier alpha value is -5.13. The Bertz CT molecular complexity index is 2180. The van der Waals surface area contributed by atoms with Gasteiger partial charge in [0.25, 0.3) is 0 Å². The Morgan fingerprint density at radius 1 is 0.245 bits per heavy atom. The summed E-state index contributed by atoms with van der Waals surface area (Å²) in [6.45, 7) is -10.3. The van der Waals surface area contributed by atoms with E-state index < -0.39 is 162 Å². The fourth-order valence-corrected chi connectivity index (χ4v) is 6.39. The van der Waals surface area contributed by atoms with Gasteiger partial charge in [-0.25, -0.2) is 18.3 Å². The van der Waals surface area contributed by atoms with Crippen LogP contribution in [0.3, 0.4) is 0 Å². The molecular formula is C40H38B2F48N4O8. The highest BCUT2D eigenvalue weighted by atomic mass is 19.5.